The smallest absolute Gasteiger partial charge is 0.145 e. The molecule has 0 aliphatic heterocycles. The van der Waals surface area contributed by atoms with E-state index in [4.69, 9.17) is 5.84 Å². The van der Waals surface area contributed by atoms with Crippen LogP contribution in [-0.2, 0) is 0 Å². The number of hydrogen-bond acceptors (Lipinski definition) is 5. The van der Waals surface area contributed by atoms with Gasteiger partial charge >= 0.3 is 0 Å². The van der Waals surface area contributed by atoms with E-state index in [0.717, 1.165) is 12.2 Å². The molecule has 18 heavy (non-hydrogen) atoms. The molecule has 0 radical (unpaired) electrons. The van der Waals surface area contributed by atoms with Gasteiger partial charge in [-0.25, -0.2) is 15.8 Å². The number of unbranched alkanes of at least 4 members (excludes halogenated alkanes) is 3. The first-order valence-corrected chi connectivity index (χ1v) is 6.74. The Bertz CT molecular complexity index is 353. The second-order valence-electron chi connectivity index (χ2n) is 4.72. The Labute approximate surface area is 110 Å². The fraction of sp³-hybridized carbons (Fsp3) is 0.692. The molecule has 0 aliphatic rings. The van der Waals surface area contributed by atoms with Crippen molar-refractivity contribution >= 4 is 11.6 Å². The van der Waals surface area contributed by atoms with Gasteiger partial charge in [-0.05, 0) is 20.3 Å². The van der Waals surface area contributed by atoms with Crippen LogP contribution in [0.15, 0.2) is 6.07 Å². The molecule has 1 heterocycles. The lowest BCUT2D eigenvalue weighted by atomic mass is 10.1. The molecule has 4 N–H and O–H groups in total. The predicted octanol–water partition coefficient (Wildman–Crippen LogP) is 2.84. The second-order valence-corrected chi connectivity index (χ2v) is 4.72. The van der Waals surface area contributed by atoms with Crippen LogP contribution in [0.1, 0.15) is 51.8 Å². The molecule has 1 aromatic rings. The van der Waals surface area contributed by atoms with Gasteiger partial charge in [-0.2, -0.15) is 0 Å². The van der Waals surface area contributed by atoms with Gasteiger partial charge in [0.1, 0.15) is 17.5 Å². The van der Waals surface area contributed by atoms with E-state index in [1.807, 2.05) is 13.0 Å². The van der Waals surface area contributed by atoms with Crippen LogP contribution in [0, 0.1) is 6.92 Å². The number of hydrogen-bond donors (Lipinski definition) is 3. The van der Waals surface area contributed by atoms with Crippen LogP contribution in [-0.4, -0.2) is 16.0 Å². The van der Waals surface area contributed by atoms with Crippen molar-refractivity contribution in [2.24, 2.45) is 5.84 Å². The minimum Gasteiger partial charge on any atom is -0.367 e. The van der Waals surface area contributed by atoms with E-state index in [9.17, 15) is 0 Å². The molecule has 0 amide bonds. The number of aromatic nitrogens is 2. The minimum absolute atomic E-state index is 0.418. The molecule has 0 saturated heterocycles. The number of nitrogens with zero attached hydrogens (tertiary/aromatic N) is 2. The van der Waals surface area contributed by atoms with Gasteiger partial charge in [0.2, 0.25) is 0 Å². The molecule has 0 bridgehead atoms. The van der Waals surface area contributed by atoms with Crippen molar-refractivity contribution in [1.29, 1.82) is 0 Å². The summed E-state index contributed by atoms with van der Waals surface area (Å²) < 4.78 is 0. The first-order valence-electron chi connectivity index (χ1n) is 6.74. The molecular formula is C13H25N5. The van der Waals surface area contributed by atoms with Crippen molar-refractivity contribution < 1.29 is 0 Å². The highest BCUT2D eigenvalue weighted by atomic mass is 15.3. The van der Waals surface area contributed by atoms with Gasteiger partial charge in [-0.3, -0.25) is 0 Å². The van der Waals surface area contributed by atoms with Crippen molar-refractivity contribution in [3.8, 4) is 0 Å². The number of hydrazine groups is 1. The predicted molar refractivity (Wildman–Crippen MR) is 76.4 cm³/mol. The molecule has 0 aliphatic carbocycles. The number of rotatable bonds is 8. The van der Waals surface area contributed by atoms with Crippen molar-refractivity contribution in [3.63, 3.8) is 0 Å². The Kier molecular flexibility index (Phi) is 6.43. The number of nitrogen functional groups attached to an aromatic ring is 1. The van der Waals surface area contributed by atoms with Crippen molar-refractivity contribution in [1.82, 2.24) is 9.97 Å². The normalized spacial score (nSPS) is 12.2. The number of anilines is 2. The Balaban J connectivity index is 2.43. The summed E-state index contributed by atoms with van der Waals surface area (Å²) in [6.45, 7) is 6.27. The number of aryl methyl sites for hydroxylation is 1. The van der Waals surface area contributed by atoms with Gasteiger partial charge < -0.3 is 10.7 Å². The van der Waals surface area contributed by atoms with Crippen LogP contribution in [0.2, 0.25) is 0 Å². The van der Waals surface area contributed by atoms with E-state index in [1.54, 1.807) is 0 Å². The molecule has 102 valence electrons. The molecule has 1 rings (SSSR count). The lowest BCUT2D eigenvalue weighted by Gasteiger charge is -2.15. The summed E-state index contributed by atoms with van der Waals surface area (Å²) in [6, 6.07) is 2.25. The third-order valence-electron chi connectivity index (χ3n) is 2.87. The van der Waals surface area contributed by atoms with E-state index in [0.29, 0.717) is 17.7 Å². The maximum atomic E-state index is 5.36. The van der Waals surface area contributed by atoms with Crippen molar-refractivity contribution in [2.45, 2.75) is 58.9 Å². The fourth-order valence-electron chi connectivity index (χ4n) is 1.92. The van der Waals surface area contributed by atoms with Gasteiger partial charge in [-0.1, -0.05) is 32.6 Å². The number of nitrogens with two attached hydrogens (primary N) is 1. The van der Waals surface area contributed by atoms with Crippen molar-refractivity contribution in [2.75, 3.05) is 10.7 Å². The van der Waals surface area contributed by atoms with Crippen LogP contribution in [0.3, 0.4) is 0 Å². The van der Waals surface area contributed by atoms with Gasteiger partial charge in [0, 0.05) is 12.1 Å². The van der Waals surface area contributed by atoms with E-state index < -0.39 is 0 Å². The van der Waals surface area contributed by atoms with E-state index >= 15 is 0 Å². The summed E-state index contributed by atoms with van der Waals surface area (Å²) in [5.74, 6) is 7.55. The molecule has 5 heteroatoms. The lowest BCUT2D eigenvalue weighted by Crippen LogP contribution is -2.17. The quantitative estimate of drug-likeness (QED) is 0.376. The van der Waals surface area contributed by atoms with Crippen molar-refractivity contribution in [3.05, 3.63) is 11.9 Å². The molecule has 0 aromatic carbocycles. The monoisotopic (exact) mass is 251 g/mol. The Hall–Kier alpha value is -1.36. The zero-order chi connectivity index (χ0) is 13.4. The average Bonchev–Trinajstić information content (AvgIpc) is 2.34. The summed E-state index contributed by atoms with van der Waals surface area (Å²) in [7, 11) is 0. The lowest BCUT2D eigenvalue weighted by molar-refractivity contribution is 0.593. The Morgan fingerprint density at radius 3 is 2.61 bits per heavy atom. The highest BCUT2D eigenvalue weighted by Crippen LogP contribution is 2.13. The molecular weight excluding hydrogens is 226 g/mol. The minimum atomic E-state index is 0.418. The first-order chi connectivity index (χ1) is 8.65. The number of nitrogens with one attached hydrogen (secondary N) is 2. The SMILES string of the molecule is CCCCCCC(C)Nc1cc(NN)nc(C)n1. The van der Waals surface area contributed by atoms with Gasteiger partial charge in [0.05, 0.1) is 0 Å². The van der Waals surface area contributed by atoms with Gasteiger partial charge in [0.25, 0.3) is 0 Å². The van der Waals surface area contributed by atoms with Gasteiger partial charge in [0.15, 0.2) is 0 Å². The highest BCUT2D eigenvalue weighted by Gasteiger charge is 2.05. The molecule has 1 aromatic heterocycles. The standard InChI is InChI=1S/C13H25N5/c1-4-5-6-7-8-10(2)15-12-9-13(18-14)17-11(3)16-12/h9-10H,4-8,14H2,1-3H3,(H2,15,16,17,18). The average molecular weight is 251 g/mol. The maximum Gasteiger partial charge on any atom is 0.145 e. The van der Waals surface area contributed by atoms with Crippen LogP contribution >= 0.6 is 0 Å². The summed E-state index contributed by atoms with van der Waals surface area (Å²) in [6.07, 6.45) is 6.32. The van der Waals surface area contributed by atoms with Gasteiger partial charge in [-0.15, -0.1) is 0 Å². The third kappa shape index (κ3) is 5.31. The molecule has 0 fully saturated rings. The summed E-state index contributed by atoms with van der Waals surface area (Å²) in [5, 5.41) is 3.39. The Morgan fingerprint density at radius 2 is 1.94 bits per heavy atom. The molecule has 0 spiro atoms. The molecule has 0 saturated carbocycles. The molecule has 1 unspecified atom stereocenters. The zero-order valence-electron chi connectivity index (χ0n) is 11.7. The van der Waals surface area contributed by atoms with Crippen LogP contribution in [0.5, 0.6) is 0 Å². The van der Waals surface area contributed by atoms with Crippen LogP contribution < -0.4 is 16.6 Å². The van der Waals surface area contributed by atoms with E-state index in [2.05, 4.69) is 34.6 Å². The molecule has 5 nitrogen and oxygen atoms in total. The largest absolute Gasteiger partial charge is 0.367 e. The summed E-state index contributed by atoms with van der Waals surface area (Å²) in [4.78, 5) is 8.51. The maximum absolute atomic E-state index is 5.36. The summed E-state index contributed by atoms with van der Waals surface area (Å²) >= 11 is 0. The summed E-state index contributed by atoms with van der Waals surface area (Å²) in [5.41, 5.74) is 2.55. The first kappa shape index (κ1) is 14.7. The second kappa shape index (κ2) is 7.87. The zero-order valence-corrected chi connectivity index (χ0v) is 11.7. The van der Waals surface area contributed by atoms with Crippen LogP contribution in [0.25, 0.3) is 0 Å². The highest BCUT2D eigenvalue weighted by molar-refractivity contribution is 5.47. The fourth-order valence-corrected chi connectivity index (χ4v) is 1.92. The third-order valence-corrected chi connectivity index (χ3v) is 2.87. The topological polar surface area (TPSA) is 75.9 Å². The van der Waals surface area contributed by atoms with E-state index in [1.165, 1.54) is 25.7 Å². The molecule has 1 atom stereocenters. The Morgan fingerprint density at radius 1 is 1.22 bits per heavy atom. The van der Waals surface area contributed by atoms with Crippen LogP contribution in [0.4, 0.5) is 11.6 Å². The van der Waals surface area contributed by atoms with E-state index in [-0.39, 0.29) is 0 Å².